The van der Waals surface area contributed by atoms with E-state index in [2.05, 4.69) is 32.2 Å². The summed E-state index contributed by atoms with van der Waals surface area (Å²) in [6.45, 7) is 1.78. The molecule has 0 saturated carbocycles. The van der Waals surface area contributed by atoms with Gasteiger partial charge in [-0.15, -0.1) is 22.9 Å². The topological polar surface area (TPSA) is 70.7 Å². The van der Waals surface area contributed by atoms with E-state index in [0.717, 1.165) is 16.9 Å². The van der Waals surface area contributed by atoms with Gasteiger partial charge in [-0.1, -0.05) is 24.3 Å². The molecular weight excluding hydrogens is 292 g/mol. The van der Waals surface area contributed by atoms with Crippen molar-refractivity contribution in [1.82, 2.24) is 9.36 Å². The van der Waals surface area contributed by atoms with Crippen LogP contribution in [-0.2, 0) is 0 Å². The van der Waals surface area contributed by atoms with Gasteiger partial charge in [0.15, 0.2) is 5.75 Å². The van der Waals surface area contributed by atoms with Crippen LogP contribution in [0.3, 0.4) is 0 Å². The van der Waals surface area contributed by atoms with E-state index in [1.807, 2.05) is 30.3 Å². The van der Waals surface area contributed by atoms with Gasteiger partial charge in [0.25, 0.3) is 0 Å². The van der Waals surface area contributed by atoms with Gasteiger partial charge in [0.05, 0.1) is 0 Å². The van der Waals surface area contributed by atoms with E-state index < -0.39 is 0 Å². The van der Waals surface area contributed by atoms with Crippen LogP contribution in [0.5, 0.6) is 5.75 Å². The molecule has 0 radical (unpaired) electrons. The maximum atomic E-state index is 10.3. The average Bonchev–Trinajstić information content (AvgIpc) is 2.84. The molecule has 3 rings (SSSR count). The van der Waals surface area contributed by atoms with Gasteiger partial charge < -0.3 is 5.11 Å². The summed E-state index contributed by atoms with van der Waals surface area (Å²) in [5, 5.41) is 20.4. The molecule has 0 bridgehead atoms. The predicted molar refractivity (Wildman–Crippen MR) is 81.7 cm³/mol. The minimum atomic E-state index is 0.0677. The lowest BCUT2D eigenvalue weighted by Crippen LogP contribution is -1.77. The van der Waals surface area contributed by atoms with E-state index >= 15 is 0 Å². The van der Waals surface area contributed by atoms with Gasteiger partial charge >= 0.3 is 0 Å². The first kappa shape index (κ1) is 13.0. The van der Waals surface area contributed by atoms with Crippen molar-refractivity contribution in [2.24, 2.45) is 10.2 Å². The van der Waals surface area contributed by atoms with Gasteiger partial charge in [-0.3, -0.25) is 0 Å². The molecule has 1 heterocycles. The number of aromatic hydroxyl groups is 1. The standard InChI is InChI=1S/C13H10N4OS2/c1-7-14-13(20-17-7)16-15-11-10(19)6-8-4-2-3-5-9(8)12(11)18/h2-6,18-19H,1H3. The Hall–Kier alpha value is -1.99. The maximum absolute atomic E-state index is 10.3. The summed E-state index contributed by atoms with van der Waals surface area (Å²) >= 11 is 5.50. The number of azo groups is 1. The van der Waals surface area contributed by atoms with Crippen molar-refractivity contribution in [2.75, 3.05) is 0 Å². The fourth-order valence-corrected chi connectivity index (χ4v) is 2.62. The summed E-state index contributed by atoms with van der Waals surface area (Å²) in [5.74, 6) is 0.718. The van der Waals surface area contributed by atoms with Gasteiger partial charge in [0.2, 0.25) is 5.13 Å². The lowest BCUT2D eigenvalue weighted by Gasteiger charge is -2.06. The highest BCUT2D eigenvalue weighted by Crippen LogP contribution is 2.40. The Labute approximate surface area is 124 Å². The Morgan fingerprint density at radius 3 is 2.80 bits per heavy atom. The highest BCUT2D eigenvalue weighted by Gasteiger charge is 2.10. The SMILES string of the molecule is Cc1nsc(N=Nc2c(S)cc3ccccc3c2O)n1. The first-order valence-corrected chi connectivity index (χ1v) is 7.03. The minimum absolute atomic E-state index is 0.0677. The van der Waals surface area contributed by atoms with Crippen LogP contribution in [0.15, 0.2) is 45.5 Å². The molecule has 0 unspecified atom stereocenters. The monoisotopic (exact) mass is 302 g/mol. The summed E-state index contributed by atoms with van der Waals surface area (Å²) in [6.07, 6.45) is 0. The average molecular weight is 302 g/mol. The molecule has 0 amide bonds. The molecule has 0 atom stereocenters. The van der Waals surface area contributed by atoms with Crippen molar-refractivity contribution in [2.45, 2.75) is 11.8 Å². The molecule has 0 aliphatic rings. The van der Waals surface area contributed by atoms with Crippen molar-refractivity contribution in [3.8, 4) is 5.75 Å². The van der Waals surface area contributed by atoms with Crippen LogP contribution in [0.4, 0.5) is 10.8 Å². The number of thiol groups is 1. The van der Waals surface area contributed by atoms with E-state index in [1.54, 1.807) is 6.92 Å². The number of phenols is 1. The van der Waals surface area contributed by atoms with Crippen LogP contribution in [0.25, 0.3) is 10.8 Å². The van der Waals surface area contributed by atoms with E-state index in [9.17, 15) is 5.11 Å². The van der Waals surface area contributed by atoms with E-state index in [0.29, 0.717) is 26.9 Å². The quantitative estimate of drug-likeness (QED) is 0.544. The molecule has 0 fully saturated rings. The lowest BCUT2D eigenvalue weighted by molar-refractivity contribution is 0.481. The molecule has 2 aromatic carbocycles. The van der Waals surface area contributed by atoms with E-state index in [1.165, 1.54) is 0 Å². The molecule has 0 saturated heterocycles. The number of aryl methyl sites for hydroxylation is 1. The van der Waals surface area contributed by atoms with Crippen molar-refractivity contribution >= 4 is 45.8 Å². The van der Waals surface area contributed by atoms with Crippen LogP contribution >= 0.6 is 24.2 Å². The summed E-state index contributed by atoms with van der Waals surface area (Å²) < 4.78 is 4.02. The molecule has 1 N–H and O–H groups in total. The Morgan fingerprint density at radius 2 is 2.05 bits per heavy atom. The molecule has 1 aromatic heterocycles. The highest BCUT2D eigenvalue weighted by molar-refractivity contribution is 7.80. The largest absolute Gasteiger partial charge is 0.505 e. The molecule has 0 spiro atoms. The van der Waals surface area contributed by atoms with Crippen molar-refractivity contribution in [1.29, 1.82) is 0 Å². The van der Waals surface area contributed by atoms with Crippen molar-refractivity contribution in [3.63, 3.8) is 0 Å². The third-order valence-electron chi connectivity index (χ3n) is 2.73. The molecular formula is C13H10N4OS2. The predicted octanol–water partition coefficient (Wildman–Crippen LogP) is 4.41. The summed E-state index contributed by atoms with van der Waals surface area (Å²) in [7, 11) is 0. The van der Waals surface area contributed by atoms with Gasteiger partial charge in [0.1, 0.15) is 11.5 Å². The number of aromatic nitrogens is 2. The van der Waals surface area contributed by atoms with Gasteiger partial charge in [-0.05, 0) is 18.4 Å². The molecule has 3 aromatic rings. The fourth-order valence-electron chi connectivity index (χ4n) is 1.82. The Kier molecular flexibility index (Phi) is 3.37. The third-order valence-corrected chi connectivity index (χ3v) is 3.76. The van der Waals surface area contributed by atoms with Crippen LogP contribution in [0.1, 0.15) is 5.82 Å². The Bertz CT molecular complexity index is 813. The fraction of sp³-hybridized carbons (Fsp3) is 0.0769. The molecule has 7 heteroatoms. The normalized spacial score (nSPS) is 11.5. The second kappa shape index (κ2) is 5.18. The molecule has 5 nitrogen and oxygen atoms in total. The first-order valence-electron chi connectivity index (χ1n) is 5.81. The lowest BCUT2D eigenvalue weighted by atomic mass is 10.1. The van der Waals surface area contributed by atoms with Crippen LogP contribution in [0, 0.1) is 6.92 Å². The first-order chi connectivity index (χ1) is 9.65. The zero-order chi connectivity index (χ0) is 14.1. The number of benzene rings is 2. The second-order valence-corrected chi connectivity index (χ2v) is 5.35. The Balaban J connectivity index is 2.09. The maximum Gasteiger partial charge on any atom is 0.249 e. The molecule has 0 aliphatic heterocycles. The van der Waals surface area contributed by atoms with Crippen molar-refractivity contribution < 1.29 is 5.11 Å². The van der Waals surface area contributed by atoms with Crippen LogP contribution in [0.2, 0.25) is 0 Å². The summed E-state index contributed by atoms with van der Waals surface area (Å²) in [5.41, 5.74) is 0.333. The van der Waals surface area contributed by atoms with Crippen LogP contribution in [-0.4, -0.2) is 14.5 Å². The second-order valence-electron chi connectivity index (χ2n) is 4.14. The van der Waals surface area contributed by atoms with Gasteiger partial charge in [-0.2, -0.15) is 4.37 Å². The highest BCUT2D eigenvalue weighted by atomic mass is 32.1. The number of fused-ring (bicyclic) bond motifs is 1. The number of hydrogen-bond acceptors (Lipinski definition) is 7. The van der Waals surface area contributed by atoms with Gasteiger partial charge in [-0.25, -0.2) is 4.98 Å². The van der Waals surface area contributed by atoms with Crippen LogP contribution < -0.4 is 0 Å². The zero-order valence-electron chi connectivity index (χ0n) is 10.5. The summed E-state index contributed by atoms with van der Waals surface area (Å²) in [6, 6.07) is 9.34. The van der Waals surface area contributed by atoms with E-state index in [4.69, 9.17) is 0 Å². The minimum Gasteiger partial charge on any atom is -0.505 e. The third kappa shape index (κ3) is 2.37. The number of rotatable bonds is 2. The zero-order valence-corrected chi connectivity index (χ0v) is 12.2. The Morgan fingerprint density at radius 1 is 1.25 bits per heavy atom. The van der Waals surface area contributed by atoms with Gasteiger partial charge in [0, 0.05) is 21.8 Å². The molecule has 20 heavy (non-hydrogen) atoms. The van der Waals surface area contributed by atoms with Crippen molar-refractivity contribution in [3.05, 3.63) is 36.2 Å². The molecule has 100 valence electrons. The smallest absolute Gasteiger partial charge is 0.249 e. The number of hydrogen-bond donors (Lipinski definition) is 2. The molecule has 0 aliphatic carbocycles. The number of nitrogens with zero attached hydrogens (tertiary/aromatic N) is 4. The summed E-state index contributed by atoms with van der Waals surface area (Å²) in [4.78, 5) is 4.65. The number of phenolic OH excluding ortho intramolecular Hbond substituents is 1. The van der Waals surface area contributed by atoms with E-state index in [-0.39, 0.29) is 5.75 Å².